The molecule has 24 heavy (non-hydrogen) atoms. The van der Waals surface area contributed by atoms with E-state index < -0.39 is 6.29 Å². The minimum atomic E-state index is -1.37. The minimum Gasteiger partial charge on any atom is -0.368 e. The van der Waals surface area contributed by atoms with E-state index in [1.807, 2.05) is 23.6 Å². The average molecular weight is 397 g/mol. The van der Waals surface area contributed by atoms with E-state index in [0.29, 0.717) is 24.5 Å². The first-order valence-corrected chi connectivity index (χ1v) is 8.49. The number of imidazole rings is 1. The molecule has 0 saturated heterocycles. The van der Waals surface area contributed by atoms with Crippen LogP contribution in [0.3, 0.4) is 0 Å². The summed E-state index contributed by atoms with van der Waals surface area (Å²) in [6.07, 6.45) is 2.89. The number of anilines is 1. The molecule has 130 valence electrons. The number of amides is 2. The van der Waals surface area contributed by atoms with Crippen LogP contribution in [0.15, 0.2) is 41.1 Å². The van der Waals surface area contributed by atoms with Crippen LogP contribution in [0.1, 0.15) is 31.6 Å². The zero-order valence-electron chi connectivity index (χ0n) is 13.3. The molecule has 0 fully saturated rings. The number of aryl methyl sites for hydroxylation is 1. The van der Waals surface area contributed by atoms with Gasteiger partial charge in [-0.05, 0) is 30.7 Å². The topological polar surface area (TPSA) is 99.4 Å². The van der Waals surface area contributed by atoms with Gasteiger partial charge in [-0.15, -0.1) is 0 Å². The smallest absolute Gasteiger partial charge is 0.319 e. The van der Waals surface area contributed by atoms with Crippen molar-refractivity contribution in [1.29, 1.82) is 0 Å². The maximum absolute atomic E-state index is 12.2. The number of benzene rings is 1. The maximum Gasteiger partial charge on any atom is 0.319 e. The zero-order valence-corrected chi connectivity index (χ0v) is 14.9. The highest BCUT2D eigenvalue weighted by Gasteiger charge is 2.18. The van der Waals surface area contributed by atoms with Crippen molar-refractivity contribution in [3.8, 4) is 0 Å². The lowest BCUT2D eigenvalue weighted by molar-refractivity contribution is -0.0478. The highest BCUT2D eigenvalue weighted by atomic mass is 79.9. The second-order valence-electron chi connectivity index (χ2n) is 5.31. The van der Waals surface area contributed by atoms with Crippen molar-refractivity contribution in [2.75, 3.05) is 5.32 Å². The number of aliphatic hydroxyl groups is 2. The number of hydrogen-bond acceptors (Lipinski definition) is 4. The number of nitrogens with zero attached hydrogens (tertiary/aromatic N) is 2. The molecule has 1 heterocycles. The lowest BCUT2D eigenvalue weighted by Gasteiger charge is -2.19. The maximum atomic E-state index is 12.2. The first-order chi connectivity index (χ1) is 11.5. The van der Waals surface area contributed by atoms with Crippen LogP contribution in [-0.4, -0.2) is 32.1 Å². The van der Waals surface area contributed by atoms with Gasteiger partial charge in [0.2, 0.25) is 0 Å². The van der Waals surface area contributed by atoms with Crippen molar-refractivity contribution in [3.05, 3.63) is 47.0 Å². The second-order valence-corrected chi connectivity index (χ2v) is 6.23. The van der Waals surface area contributed by atoms with Crippen LogP contribution in [0.25, 0.3) is 0 Å². The van der Waals surface area contributed by atoms with Crippen LogP contribution in [0.4, 0.5) is 10.5 Å². The third-order valence-electron chi connectivity index (χ3n) is 3.50. The molecule has 0 aliphatic carbocycles. The fourth-order valence-electron chi connectivity index (χ4n) is 2.28. The van der Waals surface area contributed by atoms with Gasteiger partial charge in [-0.2, -0.15) is 0 Å². The standard InChI is InChI=1S/C16H21BrN4O3/c1-2-13(15-18-8-10-21(15)9-7-14(22)23)20-16(24)19-12-5-3-11(17)4-6-12/h3-6,8,10,13-14,22-23H,2,7,9H2,1H3,(H2,19,20,24). The molecule has 0 saturated carbocycles. The molecule has 2 amide bonds. The molecule has 0 aliphatic rings. The molecular weight excluding hydrogens is 376 g/mol. The molecule has 7 nitrogen and oxygen atoms in total. The number of urea groups is 1. The normalized spacial score (nSPS) is 12.2. The molecular formula is C16H21BrN4O3. The first-order valence-electron chi connectivity index (χ1n) is 7.69. The van der Waals surface area contributed by atoms with Crippen LogP contribution in [0, 0.1) is 0 Å². The van der Waals surface area contributed by atoms with Gasteiger partial charge in [0.1, 0.15) is 5.82 Å². The molecule has 0 spiro atoms. The molecule has 1 aromatic heterocycles. The number of carbonyl (C=O) groups excluding carboxylic acids is 1. The quantitative estimate of drug-likeness (QED) is 0.540. The van der Waals surface area contributed by atoms with Gasteiger partial charge in [0.25, 0.3) is 0 Å². The van der Waals surface area contributed by atoms with Gasteiger partial charge in [-0.3, -0.25) is 0 Å². The highest BCUT2D eigenvalue weighted by Crippen LogP contribution is 2.17. The van der Waals surface area contributed by atoms with Crippen LogP contribution < -0.4 is 10.6 Å². The fourth-order valence-corrected chi connectivity index (χ4v) is 2.55. The highest BCUT2D eigenvalue weighted by molar-refractivity contribution is 9.10. The Balaban J connectivity index is 1.99. The molecule has 1 unspecified atom stereocenters. The van der Waals surface area contributed by atoms with Crippen molar-refractivity contribution >= 4 is 27.6 Å². The molecule has 8 heteroatoms. The van der Waals surface area contributed by atoms with E-state index in [0.717, 1.165) is 4.47 Å². The zero-order chi connectivity index (χ0) is 17.5. The lowest BCUT2D eigenvalue weighted by atomic mass is 10.2. The number of aromatic nitrogens is 2. The number of halogens is 1. The number of aliphatic hydroxyl groups excluding tert-OH is 1. The van der Waals surface area contributed by atoms with E-state index in [9.17, 15) is 4.79 Å². The van der Waals surface area contributed by atoms with E-state index >= 15 is 0 Å². The van der Waals surface area contributed by atoms with Crippen molar-refractivity contribution in [3.63, 3.8) is 0 Å². The predicted octanol–water partition coefficient (Wildman–Crippen LogP) is 2.62. The van der Waals surface area contributed by atoms with Gasteiger partial charge < -0.3 is 25.4 Å². The van der Waals surface area contributed by atoms with Gasteiger partial charge in [0, 0.05) is 35.5 Å². The summed E-state index contributed by atoms with van der Waals surface area (Å²) in [6, 6.07) is 6.70. The number of carbonyl (C=O) groups is 1. The Morgan fingerprint density at radius 2 is 2.04 bits per heavy atom. The molecule has 0 radical (unpaired) electrons. The molecule has 0 aliphatic heterocycles. The molecule has 2 aromatic rings. The van der Waals surface area contributed by atoms with Crippen molar-refractivity contribution in [1.82, 2.24) is 14.9 Å². The number of nitrogens with one attached hydrogen (secondary N) is 2. The molecule has 1 atom stereocenters. The lowest BCUT2D eigenvalue weighted by Crippen LogP contribution is -2.34. The predicted molar refractivity (Wildman–Crippen MR) is 94.4 cm³/mol. The summed E-state index contributed by atoms with van der Waals surface area (Å²) < 4.78 is 2.75. The Bertz CT molecular complexity index is 658. The monoisotopic (exact) mass is 396 g/mol. The van der Waals surface area contributed by atoms with E-state index in [-0.39, 0.29) is 18.5 Å². The van der Waals surface area contributed by atoms with Crippen LogP contribution in [-0.2, 0) is 6.54 Å². The Hall–Kier alpha value is -1.90. The molecule has 2 rings (SSSR count). The van der Waals surface area contributed by atoms with Crippen LogP contribution in [0.2, 0.25) is 0 Å². The van der Waals surface area contributed by atoms with E-state index in [4.69, 9.17) is 10.2 Å². The van der Waals surface area contributed by atoms with Crippen LogP contribution in [0.5, 0.6) is 0 Å². The van der Waals surface area contributed by atoms with E-state index in [2.05, 4.69) is 31.5 Å². The van der Waals surface area contributed by atoms with Crippen molar-refractivity contribution in [2.24, 2.45) is 0 Å². The third-order valence-corrected chi connectivity index (χ3v) is 4.03. The molecule has 4 N–H and O–H groups in total. The van der Waals surface area contributed by atoms with Crippen molar-refractivity contribution < 1.29 is 15.0 Å². The Morgan fingerprint density at radius 1 is 1.33 bits per heavy atom. The molecule has 1 aromatic carbocycles. The van der Waals surface area contributed by atoms with E-state index in [1.165, 1.54) is 0 Å². The Labute approximate surface area is 148 Å². The number of rotatable bonds is 7. The average Bonchev–Trinajstić information content (AvgIpc) is 3.01. The fraction of sp³-hybridized carbons (Fsp3) is 0.375. The minimum absolute atomic E-state index is 0.199. The summed E-state index contributed by atoms with van der Waals surface area (Å²) >= 11 is 3.35. The summed E-state index contributed by atoms with van der Waals surface area (Å²) in [6.45, 7) is 2.37. The van der Waals surface area contributed by atoms with Crippen LogP contribution >= 0.6 is 15.9 Å². The summed E-state index contributed by atoms with van der Waals surface area (Å²) in [5, 5.41) is 23.7. The third kappa shape index (κ3) is 5.33. The summed E-state index contributed by atoms with van der Waals surface area (Å²) in [4.78, 5) is 16.5. The molecule has 0 bridgehead atoms. The van der Waals surface area contributed by atoms with Gasteiger partial charge >= 0.3 is 6.03 Å². The summed E-state index contributed by atoms with van der Waals surface area (Å²) in [7, 11) is 0. The summed E-state index contributed by atoms with van der Waals surface area (Å²) in [5.74, 6) is 0.684. The van der Waals surface area contributed by atoms with E-state index in [1.54, 1.807) is 24.5 Å². The first kappa shape index (κ1) is 18.4. The van der Waals surface area contributed by atoms with Gasteiger partial charge in [0.05, 0.1) is 6.04 Å². The van der Waals surface area contributed by atoms with Gasteiger partial charge in [-0.1, -0.05) is 22.9 Å². The van der Waals surface area contributed by atoms with Gasteiger partial charge in [-0.25, -0.2) is 9.78 Å². The SMILES string of the molecule is CCC(NC(=O)Nc1ccc(Br)cc1)c1nccn1CCC(O)O. The van der Waals surface area contributed by atoms with Crippen molar-refractivity contribution in [2.45, 2.75) is 38.6 Å². The summed E-state index contributed by atoms with van der Waals surface area (Å²) in [5.41, 5.74) is 0.692. The Morgan fingerprint density at radius 3 is 2.67 bits per heavy atom. The van der Waals surface area contributed by atoms with Gasteiger partial charge in [0.15, 0.2) is 6.29 Å². The Kier molecular flexibility index (Phi) is 6.77. The number of hydrogen-bond donors (Lipinski definition) is 4. The second kappa shape index (κ2) is 8.81. The largest absolute Gasteiger partial charge is 0.368 e.